The lowest BCUT2D eigenvalue weighted by Gasteiger charge is -2.29. The molecule has 0 unspecified atom stereocenters. The van der Waals surface area contributed by atoms with E-state index < -0.39 is 5.97 Å². The summed E-state index contributed by atoms with van der Waals surface area (Å²) < 4.78 is 5.26. The van der Waals surface area contributed by atoms with Crippen molar-refractivity contribution in [1.29, 1.82) is 0 Å². The number of nitrogens with zero attached hydrogens (tertiary/aromatic N) is 2. The third kappa shape index (κ3) is 6.78. The topological polar surface area (TPSA) is 91.2 Å². The van der Waals surface area contributed by atoms with Crippen LogP contribution in [0.1, 0.15) is 45.1 Å². The minimum absolute atomic E-state index is 0.0877. The average Bonchev–Trinajstić information content (AvgIpc) is 2.57. The molecule has 0 atom stereocenters. The fourth-order valence-corrected chi connectivity index (χ4v) is 2.93. The Morgan fingerprint density at radius 1 is 1.41 bits per heavy atom. The fraction of sp³-hybridized carbons (Fsp3) is 0.526. The van der Waals surface area contributed by atoms with E-state index in [1.807, 2.05) is 39.1 Å². The van der Waals surface area contributed by atoms with Crippen molar-refractivity contribution in [3.63, 3.8) is 0 Å². The molecule has 7 nitrogen and oxygen atoms in total. The van der Waals surface area contributed by atoms with E-state index in [0.29, 0.717) is 18.8 Å². The Bertz CT molecular complexity index is 728. The third-order valence-electron chi connectivity index (χ3n) is 4.09. The number of carboxylic acids is 1. The van der Waals surface area contributed by atoms with Gasteiger partial charge in [-0.1, -0.05) is 13.8 Å². The summed E-state index contributed by atoms with van der Waals surface area (Å²) >= 11 is 4.37. The Hall–Kier alpha value is -2.22. The monoisotopic (exact) mass is 393 g/mol. The SMILES string of the molecule is CN1CCC(=NNC(=O)CC(C)(C)S)c2ccc(OCCCC(=O)O)cc21. The number of carbonyl (C=O) groups excluding carboxylic acids is 1. The highest BCUT2D eigenvalue weighted by atomic mass is 32.1. The van der Waals surface area contributed by atoms with Crippen molar-refractivity contribution in [2.75, 3.05) is 25.1 Å². The van der Waals surface area contributed by atoms with Gasteiger partial charge in [0.1, 0.15) is 5.75 Å². The number of anilines is 1. The van der Waals surface area contributed by atoms with Gasteiger partial charge in [-0.05, 0) is 18.6 Å². The number of nitrogens with one attached hydrogen (secondary N) is 1. The highest BCUT2D eigenvalue weighted by Crippen LogP contribution is 2.30. The first-order valence-electron chi connectivity index (χ1n) is 8.93. The van der Waals surface area contributed by atoms with Crippen LogP contribution in [0.25, 0.3) is 0 Å². The zero-order valence-corrected chi connectivity index (χ0v) is 16.9. The van der Waals surface area contributed by atoms with Crippen LogP contribution >= 0.6 is 12.6 Å². The molecule has 1 aromatic carbocycles. The maximum absolute atomic E-state index is 12.0. The van der Waals surface area contributed by atoms with E-state index in [2.05, 4.69) is 28.1 Å². The van der Waals surface area contributed by atoms with Gasteiger partial charge in [0.25, 0.3) is 0 Å². The zero-order chi connectivity index (χ0) is 20.0. The van der Waals surface area contributed by atoms with E-state index >= 15 is 0 Å². The van der Waals surface area contributed by atoms with Crippen LogP contribution in [0.15, 0.2) is 23.3 Å². The Morgan fingerprint density at radius 3 is 2.81 bits per heavy atom. The van der Waals surface area contributed by atoms with Crippen molar-refractivity contribution >= 4 is 35.9 Å². The van der Waals surface area contributed by atoms with Crippen molar-refractivity contribution in [2.45, 2.75) is 44.3 Å². The molecular formula is C19H27N3O4S. The van der Waals surface area contributed by atoms with Gasteiger partial charge in [-0.15, -0.1) is 0 Å². The number of fused-ring (bicyclic) bond motifs is 1. The molecule has 0 fully saturated rings. The average molecular weight is 394 g/mol. The molecule has 2 rings (SSSR count). The van der Waals surface area contributed by atoms with Gasteiger partial charge in [-0.3, -0.25) is 9.59 Å². The predicted octanol–water partition coefficient (Wildman–Crippen LogP) is 2.69. The molecule has 0 radical (unpaired) electrons. The number of ether oxygens (including phenoxy) is 1. The number of aliphatic carboxylic acids is 1. The summed E-state index contributed by atoms with van der Waals surface area (Å²) in [6.45, 7) is 4.89. The van der Waals surface area contributed by atoms with Crippen molar-refractivity contribution < 1.29 is 19.4 Å². The molecule has 2 N–H and O–H groups in total. The van der Waals surface area contributed by atoms with Crippen molar-refractivity contribution in [3.05, 3.63) is 23.8 Å². The second kappa shape index (κ2) is 9.12. The number of benzene rings is 1. The van der Waals surface area contributed by atoms with Crippen molar-refractivity contribution in [1.82, 2.24) is 5.43 Å². The van der Waals surface area contributed by atoms with Gasteiger partial charge in [0.2, 0.25) is 5.91 Å². The maximum Gasteiger partial charge on any atom is 0.303 e. The Labute approximate surface area is 165 Å². The molecule has 27 heavy (non-hydrogen) atoms. The smallest absolute Gasteiger partial charge is 0.303 e. The summed E-state index contributed by atoms with van der Waals surface area (Å²) in [6, 6.07) is 5.68. The standard InChI is InChI=1S/C19H27N3O4S/c1-19(2,27)12-17(23)21-20-15-8-9-22(3)16-11-13(6-7-14(15)16)26-10-4-5-18(24)25/h6-7,11,27H,4-5,8-10,12H2,1-3H3,(H,21,23)(H,24,25). The molecule has 8 heteroatoms. The van der Waals surface area contributed by atoms with E-state index in [-0.39, 0.29) is 23.5 Å². The molecule has 148 valence electrons. The highest BCUT2D eigenvalue weighted by Gasteiger charge is 2.21. The number of carboxylic acid groups (broad SMARTS) is 1. The van der Waals surface area contributed by atoms with E-state index in [9.17, 15) is 9.59 Å². The van der Waals surface area contributed by atoms with Crippen LogP contribution in [0.2, 0.25) is 0 Å². The summed E-state index contributed by atoms with van der Waals surface area (Å²) in [5.74, 6) is -0.303. The minimum atomic E-state index is -0.826. The van der Waals surface area contributed by atoms with E-state index in [4.69, 9.17) is 9.84 Å². The maximum atomic E-state index is 12.0. The molecule has 1 aromatic rings. The first kappa shape index (κ1) is 21.1. The van der Waals surface area contributed by atoms with Gasteiger partial charge in [0.15, 0.2) is 0 Å². The van der Waals surface area contributed by atoms with Crippen LogP contribution in [-0.4, -0.2) is 47.6 Å². The van der Waals surface area contributed by atoms with Gasteiger partial charge < -0.3 is 14.7 Å². The zero-order valence-electron chi connectivity index (χ0n) is 16.0. The first-order chi connectivity index (χ1) is 12.7. The minimum Gasteiger partial charge on any atom is -0.494 e. The molecule has 1 amide bonds. The number of hydrazone groups is 1. The van der Waals surface area contributed by atoms with Crippen LogP contribution in [0, 0.1) is 0 Å². The Balaban J connectivity index is 2.07. The molecular weight excluding hydrogens is 366 g/mol. The van der Waals surface area contributed by atoms with Crippen LogP contribution in [-0.2, 0) is 9.59 Å². The lowest BCUT2D eigenvalue weighted by molar-refractivity contribution is -0.137. The van der Waals surface area contributed by atoms with Gasteiger partial charge >= 0.3 is 5.97 Å². The molecule has 0 aliphatic carbocycles. The fourth-order valence-electron chi connectivity index (χ4n) is 2.78. The van der Waals surface area contributed by atoms with Crippen molar-refractivity contribution in [3.8, 4) is 5.75 Å². The lowest BCUT2D eigenvalue weighted by Crippen LogP contribution is -2.31. The van der Waals surface area contributed by atoms with Crippen LogP contribution in [0.3, 0.4) is 0 Å². The molecule has 1 aliphatic heterocycles. The molecule has 0 saturated heterocycles. The van der Waals surface area contributed by atoms with Crippen LogP contribution in [0.5, 0.6) is 5.75 Å². The Kier molecular flexibility index (Phi) is 7.12. The quantitative estimate of drug-likeness (QED) is 0.359. The largest absolute Gasteiger partial charge is 0.494 e. The number of amides is 1. The third-order valence-corrected chi connectivity index (χ3v) is 4.25. The van der Waals surface area contributed by atoms with E-state index in [1.165, 1.54) is 0 Å². The molecule has 1 aliphatic rings. The number of carbonyl (C=O) groups is 2. The summed E-state index contributed by atoms with van der Waals surface area (Å²) in [4.78, 5) is 24.7. The summed E-state index contributed by atoms with van der Waals surface area (Å²) in [6.07, 6.45) is 1.56. The van der Waals surface area contributed by atoms with Gasteiger partial charge in [0.05, 0.1) is 12.3 Å². The van der Waals surface area contributed by atoms with Gasteiger partial charge in [0, 0.05) is 54.9 Å². The van der Waals surface area contributed by atoms with Gasteiger partial charge in [-0.2, -0.15) is 17.7 Å². The predicted molar refractivity (Wildman–Crippen MR) is 109 cm³/mol. The Morgan fingerprint density at radius 2 is 2.15 bits per heavy atom. The number of hydrogen-bond donors (Lipinski definition) is 3. The molecule has 1 heterocycles. The van der Waals surface area contributed by atoms with Crippen LogP contribution in [0.4, 0.5) is 5.69 Å². The number of hydrogen-bond acceptors (Lipinski definition) is 6. The highest BCUT2D eigenvalue weighted by molar-refractivity contribution is 7.81. The van der Waals surface area contributed by atoms with Gasteiger partial charge in [-0.25, -0.2) is 5.43 Å². The summed E-state index contributed by atoms with van der Waals surface area (Å²) in [5, 5.41) is 13.0. The normalized spacial score (nSPS) is 15.4. The second-order valence-corrected chi connectivity index (χ2v) is 8.49. The molecule has 0 spiro atoms. The van der Waals surface area contributed by atoms with E-state index in [0.717, 1.165) is 29.9 Å². The van der Waals surface area contributed by atoms with Crippen molar-refractivity contribution in [2.24, 2.45) is 5.10 Å². The molecule has 0 bridgehead atoms. The molecule has 0 saturated carbocycles. The van der Waals surface area contributed by atoms with Crippen LogP contribution < -0.4 is 15.1 Å². The summed E-state index contributed by atoms with van der Waals surface area (Å²) in [7, 11) is 1.99. The lowest BCUT2D eigenvalue weighted by atomic mass is 10.00. The second-order valence-electron chi connectivity index (χ2n) is 7.28. The summed E-state index contributed by atoms with van der Waals surface area (Å²) in [5.41, 5.74) is 5.37. The van der Waals surface area contributed by atoms with E-state index in [1.54, 1.807) is 0 Å². The molecule has 0 aromatic heterocycles. The number of thiol groups is 1. The first-order valence-corrected chi connectivity index (χ1v) is 9.38. The number of rotatable bonds is 8.